The summed E-state index contributed by atoms with van der Waals surface area (Å²) in [6, 6.07) is 10.0. The Morgan fingerprint density at radius 1 is 1.10 bits per heavy atom. The number of rotatable bonds is 2. The second kappa shape index (κ2) is 4.47. The fourth-order valence-corrected chi connectivity index (χ4v) is 2.57. The van der Waals surface area contributed by atoms with Crippen LogP contribution in [0.15, 0.2) is 66.8 Å². The molecule has 1 aliphatic carbocycles. The summed E-state index contributed by atoms with van der Waals surface area (Å²) in [6.45, 7) is 0. The minimum Gasteiger partial charge on any atom is -0.382 e. The molecular formula is C17H12N4. The molecule has 2 aromatic heterocycles. The van der Waals surface area contributed by atoms with Gasteiger partial charge in [0.1, 0.15) is 17.4 Å². The van der Waals surface area contributed by atoms with Crippen molar-refractivity contribution in [2.24, 2.45) is 0 Å². The zero-order valence-electron chi connectivity index (χ0n) is 11.2. The van der Waals surface area contributed by atoms with Gasteiger partial charge in [-0.3, -0.25) is 0 Å². The predicted molar refractivity (Wildman–Crippen MR) is 83.9 cm³/mol. The van der Waals surface area contributed by atoms with Crippen LogP contribution >= 0.6 is 0 Å². The number of para-hydroxylation sites is 1. The number of benzene rings is 1. The number of nitrogens with two attached hydrogens (primary N) is 1. The lowest BCUT2D eigenvalue weighted by molar-refractivity contribution is 1.11. The number of fused-ring (bicyclic) bond motifs is 1. The van der Waals surface area contributed by atoms with Gasteiger partial charge in [0.25, 0.3) is 0 Å². The minimum absolute atomic E-state index is 0.474. The van der Waals surface area contributed by atoms with E-state index in [2.05, 4.69) is 15.7 Å². The molecule has 0 fully saturated rings. The molecule has 1 aliphatic rings. The van der Waals surface area contributed by atoms with E-state index >= 15 is 0 Å². The summed E-state index contributed by atoms with van der Waals surface area (Å²) in [5, 5.41) is 0. The van der Waals surface area contributed by atoms with E-state index in [-0.39, 0.29) is 0 Å². The molecule has 3 aromatic rings. The summed E-state index contributed by atoms with van der Waals surface area (Å²) in [4.78, 5) is 8.54. The van der Waals surface area contributed by atoms with Crippen LogP contribution in [0.4, 0.5) is 5.82 Å². The summed E-state index contributed by atoms with van der Waals surface area (Å²) in [7, 11) is 0. The van der Waals surface area contributed by atoms with Crippen molar-refractivity contribution in [2.75, 3.05) is 5.73 Å². The lowest BCUT2D eigenvalue weighted by Gasteiger charge is -2.05. The number of aromatic nitrogens is 3. The number of nitrogen functional groups attached to an aromatic ring is 1. The Balaban J connectivity index is 2.08. The maximum Gasteiger partial charge on any atom is 0.151 e. The Kier molecular flexibility index (Phi) is 2.49. The number of anilines is 1. The van der Waals surface area contributed by atoms with Crippen LogP contribution < -0.4 is 5.73 Å². The Morgan fingerprint density at radius 3 is 2.71 bits per heavy atom. The van der Waals surface area contributed by atoms with E-state index in [1.165, 1.54) is 6.33 Å². The third-order valence-corrected chi connectivity index (χ3v) is 3.53. The van der Waals surface area contributed by atoms with Crippen molar-refractivity contribution in [3.63, 3.8) is 0 Å². The van der Waals surface area contributed by atoms with Gasteiger partial charge in [0, 0.05) is 23.0 Å². The maximum atomic E-state index is 6.08. The van der Waals surface area contributed by atoms with Crippen molar-refractivity contribution in [1.29, 1.82) is 0 Å². The molecule has 0 aliphatic heterocycles. The standard InChI is InChI=1S/C17H12N4/c18-17-16-15(19-11-20-17)14(12-6-4-5-7-12)10-21(16)13-8-2-1-3-9-13/h1-6,8-11H,(H2,18,19,20). The van der Waals surface area contributed by atoms with E-state index in [9.17, 15) is 0 Å². The lowest BCUT2D eigenvalue weighted by Crippen LogP contribution is -1.98. The van der Waals surface area contributed by atoms with Crippen LogP contribution in [-0.4, -0.2) is 14.5 Å². The summed E-state index contributed by atoms with van der Waals surface area (Å²) in [5.74, 6) is 0.474. The summed E-state index contributed by atoms with van der Waals surface area (Å²) in [6.07, 6.45) is 9.41. The highest BCUT2D eigenvalue weighted by Crippen LogP contribution is 2.31. The normalized spacial score (nSPS) is 13.0. The van der Waals surface area contributed by atoms with Crippen LogP contribution in [0.1, 0.15) is 5.56 Å². The Labute approximate surface area is 121 Å². The van der Waals surface area contributed by atoms with Crippen molar-refractivity contribution in [3.8, 4) is 5.69 Å². The van der Waals surface area contributed by atoms with E-state index in [0.29, 0.717) is 5.82 Å². The molecule has 0 bridgehead atoms. The molecular weight excluding hydrogens is 260 g/mol. The predicted octanol–water partition coefficient (Wildman–Crippen LogP) is 3.11. The molecule has 0 spiro atoms. The molecule has 100 valence electrons. The smallest absolute Gasteiger partial charge is 0.151 e. The molecule has 0 radical (unpaired) electrons. The highest BCUT2D eigenvalue weighted by Gasteiger charge is 2.16. The number of nitrogens with zero attached hydrogens (tertiary/aromatic N) is 3. The third-order valence-electron chi connectivity index (χ3n) is 3.53. The van der Waals surface area contributed by atoms with Gasteiger partial charge in [0.05, 0.1) is 0 Å². The molecule has 0 amide bonds. The van der Waals surface area contributed by atoms with Gasteiger partial charge in [0.2, 0.25) is 0 Å². The largest absolute Gasteiger partial charge is 0.382 e. The van der Waals surface area contributed by atoms with Gasteiger partial charge in [-0.1, -0.05) is 24.3 Å². The first-order valence-corrected chi connectivity index (χ1v) is 6.65. The summed E-state index contributed by atoms with van der Waals surface area (Å²) in [5.41, 5.74) is 14.0. The third kappa shape index (κ3) is 1.78. The Morgan fingerprint density at radius 2 is 1.95 bits per heavy atom. The molecule has 1 aromatic carbocycles. The summed E-state index contributed by atoms with van der Waals surface area (Å²) >= 11 is 0. The monoisotopic (exact) mass is 272 g/mol. The molecule has 21 heavy (non-hydrogen) atoms. The first-order valence-electron chi connectivity index (χ1n) is 6.65. The number of hydrogen-bond donors (Lipinski definition) is 1. The fourth-order valence-electron chi connectivity index (χ4n) is 2.57. The molecule has 4 nitrogen and oxygen atoms in total. The Hall–Kier alpha value is -3.10. The highest BCUT2D eigenvalue weighted by atomic mass is 15.0. The van der Waals surface area contributed by atoms with Crippen molar-refractivity contribution in [3.05, 3.63) is 72.4 Å². The van der Waals surface area contributed by atoms with Crippen molar-refractivity contribution in [1.82, 2.24) is 14.5 Å². The first-order chi connectivity index (χ1) is 10.3. The van der Waals surface area contributed by atoms with Gasteiger partial charge in [0.15, 0.2) is 5.82 Å². The van der Waals surface area contributed by atoms with E-state index < -0.39 is 0 Å². The van der Waals surface area contributed by atoms with Gasteiger partial charge in [-0.25, -0.2) is 9.97 Å². The van der Waals surface area contributed by atoms with Gasteiger partial charge in [-0.2, -0.15) is 0 Å². The second-order valence-corrected chi connectivity index (χ2v) is 4.79. The van der Waals surface area contributed by atoms with Crippen LogP contribution in [0, 0.1) is 0 Å². The van der Waals surface area contributed by atoms with E-state index in [0.717, 1.165) is 27.9 Å². The quantitative estimate of drug-likeness (QED) is 0.729. The maximum absolute atomic E-state index is 6.08. The summed E-state index contributed by atoms with van der Waals surface area (Å²) < 4.78 is 2.03. The van der Waals surface area contributed by atoms with Gasteiger partial charge >= 0.3 is 0 Å². The van der Waals surface area contributed by atoms with Gasteiger partial charge < -0.3 is 10.3 Å². The number of allylic oxidation sites excluding steroid dienone is 3. The zero-order chi connectivity index (χ0) is 14.2. The average molecular weight is 272 g/mol. The molecule has 2 N–H and O–H groups in total. The molecule has 0 saturated heterocycles. The number of hydrogen-bond acceptors (Lipinski definition) is 3. The van der Waals surface area contributed by atoms with Crippen LogP contribution in [0.3, 0.4) is 0 Å². The molecule has 0 unspecified atom stereocenters. The lowest BCUT2D eigenvalue weighted by atomic mass is 10.1. The van der Waals surface area contributed by atoms with Crippen LogP contribution in [0.5, 0.6) is 0 Å². The van der Waals surface area contributed by atoms with E-state index in [1.54, 1.807) is 0 Å². The van der Waals surface area contributed by atoms with E-state index in [1.807, 2.05) is 59.3 Å². The van der Waals surface area contributed by atoms with Gasteiger partial charge in [-0.15, -0.1) is 5.73 Å². The fraction of sp³-hybridized carbons (Fsp3) is 0. The zero-order valence-corrected chi connectivity index (χ0v) is 11.2. The van der Waals surface area contributed by atoms with Crippen molar-refractivity contribution < 1.29 is 0 Å². The minimum atomic E-state index is 0.474. The van der Waals surface area contributed by atoms with E-state index in [4.69, 9.17) is 5.73 Å². The van der Waals surface area contributed by atoms with Crippen LogP contribution in [0.2, 0.25) is 0 Å². The van der Waals surface area contributed by atoms with Crippen LogP contribution in [-0.2, 0) is 0 Å². The van der Waals surface area contributed by atoms with Gasteiger partial charge in [-0.05, 0) is 24.3 Å². The van der Waals surface area contributed by atoms with Crippen LogP contribution in [0.25, 0.3) is 22.3 Å². The Bertz CT molecular complexity index is 926. The molecule has 0 atom stereocenters. The second-order valence-electron chi connectivity index (χ2n) is 4.79. The molecule has 0 saturated carbocycles. The molecule has 2 heterocycles. The molecule has 4 rings (SSSR count). The first kappa shape index (κ1) is 11.7. The van der Waals surface area contributed by atoms with Crippen molar-refractivity contribution in [2.45, 2.75) is 0 Å². The highest BCUT2D eigenvalue weighted by molar-refractivity contribution is 5.98. The topological polar surface area (TPSA) is 56.7 Å². The molecule has 4 heteroatoms. The van der Waals surface area contributed by atoms with Crippen molar-refractivity contribution >= 4 is 22.4 Å². The SMILES string of the molecule is Nc1ncnc2c(C3=C=CC=C3)cn(-c3ccccc3)c12. The average Bonchev–Trinajstić information content (AvgIpc) is 3.16.